The number of nitrogens with two attached hydrogens (primary N) is 2. The number of amides is 1. The normalized spacial score (nSPS) is 10.5. The Morgan fingerprint density at radius 1 is 1.15 bits per heavy atom. The maximum Gasteiger partial charge on any atom is 0.327 e. The lowest BCUT2D eigenvalue weighted by molar-refractivity contribution is -0.147. The Morgan fingerprint density at radius 2 is 1.82 bits per heavy atom. The van der Waals surface area contributed by atoms with Gasteiger partial charge in [0.2, 0.25) is 5.91 Å². The zero-order chi connectivity index (χ0) is 24.5. The monoisotopic (exact) mass is 460 g/mol. The van der Waals surface area contributed by atoms with E-state index in [9.17, 15) is 19.2 Å². The largest absolute Gasteiger partial charge is 0.469 e. The number of carbonyl (C=O) groups is 3. The molecule has 0 fully saturated rings. The fourth-order valence-corrected chi connectivity index (χ4v) is 3.23. The summed E-state index contributed by atoms with van der Waals surface area (Å²) < 4.78 is 10.5. The van der Waals surface area contributed by atoms with Gasteiger partial charge in [-0.1, -0.05) is 24.3 Å². The number of aromatic amines is 1. The van der Waals surface area contributed by atoms with Gasteiger partial charge in [0.05, 0.1) is 20.6 Å². The number of anilines is 1. The van der Waals surface area contributed by atoms with Gasteiger partial charge in [0.25, 0.3) is 0 Å². The smallest absolute Gasteiger partial charge is 0.327 e. The van der Waals surface area contributed by atoms with Gasteiger partial charge in [-0.25, -0.2) is 4.79 Å². The van der Waals surface area contributed by atoms with E-state index in [2.05, 4.69) is 14.5 Å². The summed E-state index contributed by atoms with van der Waals surface area (Å²) >= 11 is 0. The van der Waals surface area contributed by atoms with E-state index in [1.165, 1.54) is 23.7 Å². The van der Waals surface area contributed by atoms with E-state index in [1.807, 2.05) is 0 Å². The lowest BCUT2D eigenvalue weighted by Crippen LogP contribution is -2.34. The minimum Gasteiger partial charge on any atom is -0.469 e. The number of carbonyl (C=O) groups excluding carboxylic acids is 3. The second kappa shape index (κ2) is 11.5. The average Bonchev–Trinajstić information content (AvgIpc) is 3.06. The fourth-order valence-electron chi connectivity index (χ4n) is 3.23. The van der Waals surface area contributed by atoms with Crippen LogP contribution in [-0.4, -0.2) is 58.9 Å². The van der Waals surface area contributed by atoms with Crippen molar-refractivity contribution in [1.82, 2.24) is 14.5 Å². The number of rotatable bonds is 11. The average molecular weight is 460 g/mol. The van der Waals surface area contributed by atoms with Gasteiger partial charge in [-0.05, 0) is 17.5 Å². The number of methoxy groups -OCH3 is 2. The van der Waals surface area contributed by atoms with Crippen LogP contribution in [0.5, 0.6) is 0 Å². The summed E-state index contributed by atoms with van der Waals surface area (Å²) in [6, 6.07) is 7.12. The maximum absolute atomic E-state index is 12.7. The highest BCUT2D eigenvalue weighted by Gasteiger charge is 2.19. The molecule has 1 heterocycles. The van der Waals surface area contributed by atoms with Crippen molar-refractivity contribution in [2.45, 2.75) is 32.4 Å². The lowest BCUT2D eigenvalue weighted by atomic mass is 10.1. The number of hydrogen-bond acceptors (Lipinski definition) is 8. The number of aromatic nitrogens is 2. The van der Waals surface area contributed by atoms with Crippen molar-refractivity contribution in [3.8, 4) is 0 Å². The molecule has 0 radical (unpaired) electrons. The Kier molecular flexibility index (Phi) is 8.78. The summed E-state index contributed by atoms with van der Waals surface area (Å²) in [7, 11) is 2.51. The van der Waals surface area contributed by atoms with Crippen LogP contribution in [0.15, 0.2) is 29.1 Å². The molecule has 0 aliphatic carbocycles. The molecule has 0 atom stereocenters. The van der Waals surface area contributed by atoms with Crippen molar-refractivity contribution in [3.05, 3.63) is 51.6 Å². The predicted molar refractivity (Wildman–Crippen MR) is 119 cm³/mol. The van der Waals surface area contributed by atoms with Crippen molar-refractivity contribution in [2.24, 2.45) is 5.73 Å². The lowest BCUT2D eigenvalue weighted by Gasteiger charge is -2.23. The SMILES string of the molecule is COC(=O)CC(=O)N(CCCn1c(N)c(C(=N)N)[nH]c1=O)Cc1cccc(CC(=O)OC)c1. The molecule has 0 aliphatic rings. The number of nitrogens with one attached hydrogen (secondary N) is 2. The molecule has 0 spiro atoms. The predicted octanol–water partition coefficient (Wildman–Crippen LogP) is -0.260. The van der Waals surface area contributed by atoms with Crippen molar-refractivity contribution < 1.29 is 23.9 Å². The van der Waals surface area contributed by atoms with Crippen LogP contribution in [0.3, 0.4) is 0 Å². The van der Waals surface area contributed by atoms with Gasteiger partial charge in [-0.3, -0.25) is 24.4 Å². The third kappa shape index (κ3) is 6.95. The minimum atomic E-state index is -0.665. The molecule has 0 saturated heterocycles. The molecule has 1 aromatic heterocycles. The number of hydrogen-bond donors (Lipinski definition) is 4. The van der Waals surface area contributed by atoms with Gasteiger partial charge in [-0.2, -0.15) is 0 Å². The van der Waals surface area contributed by atoms with E-state index in [0.717, 1.165) is 11.1 Å². The van der Waals surface area contributed by atoms with Gasteiger partial charge >= 0.3 is 17.6 Å². The molecule has 0 bridgehead atoms. The summed E-state index contributed by atoms with van der Waals surface area (Å²) in [6.07, 6.45) is 0.00175. The summed E-state index contributed by atoms with van der Waals surface area (Å²) in [5, 5.41) is 7.46. The molecule has 0 saturated carbocycles. The Balaban J connectivity index is 2.15. The zero-order valence-electron chi connectivity index (χ0n) is 18.6. The highest BCUT2D eigenvalue weighted by molar-refractivity contribution is 5.97. The van der Waals surface area contributed by atoms with Crippen LogP contribution in [0.25, 0.3) is 0 Å². The number of ether oxygens (including phenoxy) is 2. The quantitative estimate of drug-likeness (QED) is 0.153. The number of esters is 2. The van der Waals surface area contributed by atoms with Gasteiger partial charge in [0.1, 0.15) is 23.8 Å². The number of amidine groups is 1. The molecule has 12 nitrogen and oxygen atoms in total. The molecule has 1 amide bonds. The van der Waals surface area contributed by atoms with Gasteiger partial charge in [0, 0.05) is 19.6 Å². The van der Waals surface area contributed by atoms with E-state index in [0.29, 0.717) is 6.42 Å². The first-order valence-electron chi connectivity index (χ1n) is 10.1. The molecule has 2 rings (SSSR count). The standard InChI is InChI=1S/C21H28N6O6/c1-32-16(29)10-13-5-3-6-14(9-13)12-26(15(28)11-17(30)33-2)7-4-8-27-20(24)18(19(22)23)25-21(27)31/h3,5-6,9H,4,7-8,10-12,24H2,1-2H3,(H3,22,23)(H,25,31). The van der Waals surface area contributed by atoms with Crippen LogP contribution in [-0.2, 0) is 43.4 Å². The summed E-state index contributed by atoms with van der Waals surface area (Å²) in [4.78, 5) is 51.9. The first kappa shape index (κ1) is 25.2. The van der Waals surface area contributed by atoms with Crippen LogP contribution < -0.4 is 17.2 Å². The molecule has 2 aromatic rings. The second-order valence-electron chi connectivity index (χ2n) is 7.25. The minimum absolute atomic E-state index is 0.0375. The third-order valence-electron chi connectivity index (χ3n) is 4.92. The van der Waals surface area contributed by atoms with Crippen LogP contribution in [0.1, 0.15) is 29.7 Å². The summed E-state index contributed by atoms with van der Waals surface area (Å²) in [6.45, 7) is 0.559. The van der Waals surface area contributed by atoms with Gasteiger partial charge in [0.15, 0.2) is 0 Å². The molecule has 0 aliphatic heterocycles. The van der Waals surface area contributed by atoms with E-state index >= 15 is 0 Å². The third-order valence-corrected chi connectivity index (χ3v) is 4.92. The topological polar surface area (TPSA) is 187 Å². The van der Waals surface area contributed by atoms with Crippen LogP contribution in [0.4, 0.5) is 5.82 Å². The molecule has 0 unspecified atom stereocenters. The van der Waals surface area contributed by atoms with Crippen LogP contribution in [0, 0.1) is 5.41 Å². The van der Waals surface area contributed by atoms with Crippen molar-refractivity contribution in [3.63, 3.8) is 0 Å². The van der Waals surface area contributed by atoms with Gasteiger partial charge in [-0.15, -0.1) is 0 Å². The number of nitrogen functional groups attached to an aromatic ring is 2. The molecular formula is C21H28N6O6. The first-order chi connectivity index (χ1) is 15.7. The molecule has 178 valence electrons. The van der Waals surface area contributed by atoms with Crippen molar-refractivity contribution in [1.29, 1.82) is 5.41 Å². The number of benzene rings is 1. The Hall–Kier alpha value is -4.09. The maximum atomic E-state index is 12.7. The Morgan fingerprint density at radius 3 is 2.42 bits per heavy atom. The molecule has 6 N–H and O–H groups in total. The number of imidazole rings is 1. The molecule has 12 heteroatoms. The van der Waals surface area contributed by atoms with E-state index in [4.69, 9.17) is 16.9 Å². The Labute approximate surface area is 190 Å². The van der Waals surface area contributed by atoms with E-state index in [-0.39, 0.29) is 49.4 Å². The molecule has 33 heavy (non-hydrogen) atoms. The number of nitrogens with zero attached hydrogens (tertiary/aromatic N) is 2. The second-order valence-corrected chi connectivity index (χ2v) is 7.25. The first-order valence-corrected chi connectivity index (χ1v) is 10.1. The highest BCUT2D eigenvalue weighted by Crippen LogP contribution is 2.13. The highest BCUT2D eigenvalue weighted by atomic mass is 16.5. The van der Waals surface area contributed by atoms with Crippen LogP contribution >= 0.6 is 0 Å². The van der Waals surface area contributed by atoms with Crippen molar-refractivity contribution >= 4 is 29.5 Å². The molecule has 1 aromatic carbocycles. The van der Waals surface area contributed by atoms with E-state index in [1.54, 1.807) is 24.3 Å². The molecular weight excluding hydrogens is 432 g/mol. The van der Waals surface area contributed by atoms with Gasteiger partial charge < -0.3 is 30.8 Å². The van der Waals surface area contributed by atoms with Crippen molar-refractivity contribution in [2.75, 3.05) is 26.5 Å². The number of H-pyrrole nitrogens is 1. The van der Waals surface area contributed by atoms with E-state index < -0.39 is 24.0 Å². The Bertz CT molecular complexity index is 1090. The summed E-state index contributed by atoms with van der Waals surface area (Å²) in [5.41, 5.74) is 12.3. The fraction of sp³-hybridized carbons (Fsp3) is 0.381. The zero-order valence-corrected chi connectivity index (χ0v) is 18.6. The summed E-state index contributed by atoms with van der Waals surface area (Å²) in [5.74, 6) is -1.81. The van der Waals surface area contributed by atoms with Crippen LogP contribution in [0.2, 0.25) is 0 Å².